The van der Waals surface area contributed by atoms with Crippen LogP contribution in [0, 0.1) is 20.8 Å². The number of aromatic nitrogens is 3. The van der Waals surface area contributed by atoms with E-state index in [9.17, 15) is 5.11 Å². The molecule has 0 radical (unpaired) electrons. The zero-order valence-corrected chi connectivity index (χ0v) is 16.6. The van der Waals surface area contributed by atoms with Crippen molar-refractivity contribution in [1.29, 1.82) is 0 Å². The fourth-order valence-corrected chi connectivity index (χ4v) is 3.04. The third-order valence-corrected chi connectivity index (χ3v) is 4.39. The molecule has 148 valence electrons. The molecule has 0 fully saturated rings. The zero-order chi connectivity index (χ0) is 20.3. The molecule has 2 heterocycles. The SMILES string of the molecule is CCc1cc(-c2nc(-c3cc(C)c(OC[C@@H](O)CO)c(C)c3)no2)cc(C)n1. The molecule has 2 aromatic heterocycles. The summed E-state index contributed by atoms with van der Waals surface area (Å²) in [5.74, 6) is 1.63. The predicted molar refractivity (Wildman–Crippen MR) is 105 cm³/mol. The van der Waals surface area contributed by atoms with E-state index < -0.39 is 6.10 Å². The van der Waals surface area contributed by atoms with Gasteiger partial charge in [-0.25, -0.2) is 0 Å². The number of ether oxygens (including phenoxy) is 1. The summed E-state index contributed by atoms with van der Waals surface area (Å²) in [6, 6.07) is 7.72. The molecule has 2 N–H and O–H groups in total. The van der Waals surface area contributed by atoms with Gasteiger partial charge in [0.05, 0.1) is 6.61 Å². The largest absolute Gasteiger partial charge is 0.490 e. The first-order valence-corrected chi connectivity index (χ1v) is 9.26. The number of aliphatic hydroxyl groups excluding tert-OH is 2. The highest BCUT2D eigenvalue weighted by Crippen LogP contribution is 2.30. The summed E-state index contributed by atoms with van der Waals surface area (Å²) in [7, 11) is 0. The maximum absolute atomic E-state index is 9.49. The van der Waals surface area contributed by atoms with Crippen molar-refractivity contribution in [2.24, 2.45) is 0 Å². The van der Waals surface area contributed by atoms with Gasteiger partial charge < -0.3 is 19.5 Å². The van der Waals surface area contributed by atoms with Gasteiger partial charge in [-0.05, 0) is 62.6 Å². The van der Waals surface area contributed by atoms with Gasteiger partial charge in [0, 0.05) is 22.5 Å². The topological polar surface area (TPSA) is 102 Å². The molecule has 0 spiro atoms. The van der Waals surface area contributed by atoms with Gasteiger partial charge >= 0.3 is 0 Å². The van der Waals surface area contributed by atoms with E-state index in [1.807, 2.05) is 45.0 Å². The minimum absolute atomic E-state index is 0.0328. The number of hydrogen-bond donors (Lipinski definition) is 2. The first kappa shape index (κ1) is 20.0. The van der Waals surface area contributed by atoms with Crippen LogP contribution in [0.15, 0.2) is 28.8 Å². The van der Waals surface area contributed by atoms with E-state index in [0.717, 1.165) is 40.1 Å². The maximum Gasteiger partial charge on any atom is 0.258 e. The van der Waals surface area contributed by atoms with Crippen LogP contribution in [0.3, 0.4) is 0 Å². The van der Waals surface area contributed by atoms with E-state index in [1.165, 1.54) is 0 Å². The van der Waals surface area contributed by atoms with Crippen molar-refractivity contribution in [2.45, 2.75) is 40.2 Å². The minimum atomic E-state index is -0.907. The highest BCUT2D eigenvalue weighted by molar-refractivity contribution is 5.63. The molecule has 7 nitrogen and oxygen atoms in total. The van der Waals surface area contributed by atoms with Crippen molar-refractivity contribution in [3.8, 4) is 28.6 Å². The number of nitrogens with zero attached hydrogens (tertiary/aromatic N) is 3. The van der Waals surface area contributed by atoms with Crippen LogP contribution < -0.4 is 4.74 Å². The number of aryl methyl sites for hydroxylation is 4. The van der Waals surface area contributed by atoms with Gasteiger partial charge in [0.2, 0.25) is 5.82 Å². The molecule has 1 aromatic carbocycles. The monoisotopic (exact) mass is 383 g/mol. The fourth-order valence-electron chi connectivity index (χ4n) is 3.04. The van der Waals surface area contributed by atoms with Crippen molar-refractivity contribution in [1.82, 2.24) is 15.1 Å². The summed E-state index contributed by atoms with van der Waals surface area (Å²) in [4.78, 5) is 9.02. The third-order valence-electron chi connectivity index (χ3n) is 4.39. The van der Waals surface area contributed by atoms with E-state index in [4.69, 9.17) is 14.4 Å². The Morgan fingerprint density at radius 3 is 2.39 bits per heavy atom. The molecule has 0 unspecified atom stereocenters. The molecule has 28 heavy (non-hydrogen) atoms. The molecule has 0 aliphatic heterocycles. The Labute approximate surface area is 164 Å². The summed E-state index contributed by atoms with van der Waals surface area (Å²) in [6.45, 7) is 7.52. The van der Waals surface area contributed by atoms with Crippen LogP contribution in [0.25, 0.3) is 22.8 Å². The average molecular weight is 383 g/mol. The van der Waals surface area contributed by atoms with Gasteiger partial charge in [0.1, 0.15) is 18.5 Å². The molecular formula is C21H25N3O4. The van der Waals surface area contributed by atoms with Crippen molar-refractivity contribution >= 4 is 0 Å². The predicted octanol–water partition coefficient (Wildman–Crippen LogP) is 3.02. The first-order valence-electron chi connectivity index (χ1n) is 9.26. The van der Waals surface area contributed by atoms with Gasteiger partial charge in [-0.1, -0.05) is 12.1 Å². The van der Waals surface area contributed by atoms with Gasteiger partial charge in [0.25, 0.3) is 5.89 Å². The van der Waals surface area contributed by atoms with Gasteiger partial charge in [-0.15, -0.1) is 0 Å². The van der Waals surface area contributed by atoms with E-state index in [1.54, 1.807) is 0 Å². The van der Waals surface area contributed by atoms with Crippen LogP contribution >= 0.6 is 0 Å². The minimum Gasteiger partial charge on any atom is -0.490 e. The Morgan fingerprint density at radius 2 is 1.75 bits per heavy atom. The first-order chi connectivity index (χ1) is 13.4. The van der Waals surface area contributed by atoms with Crippen LogP contribution in [-0.2, 0) is 6.42 Å². The Kier molecular flexibility index (Phi) is 6.06. The van der Waals surface area contributed by atoms with E-state index in [0.29, 0.717) is 17.5 Å². The zero-order valence-electron chi connectivity index (χ0n) is 16.6. The summed E-state index contributed by atoms with van der Waals surface area (Å²) in [6.07, 6.45) is -0.0735. The van der Waals surface area contributed by atoms with Crippen molar-refractivity contribution in [3.05, 3.63) is 46.8 Å². The molecule has 0 aliphatic rings. The molecule has 3 rings (SSSR count). The van der Waals surface area contributed by atoms with E-state index in [2.05, 4.69) is 22.0 Å². The van der Waals surface area contributed by atoms with Crippen LogP contribution in [0.4, 0.5) is 0 Å². The number of rotatable bonds is 7. The Balaban J connectivity index is 1.88. The molecule has 7 heteroatoms. The van der Waals surface area contributed by atoms with Crippen molar-refractivity contribution in [2.75, 3.05) is 13.2 Å². The van der Waals surface area contributed by atoms with Crippen LogP contribution in [-0.4, -0.2) is 44.7 Å². The van der Waals surface area contributed by atoms with E-state index in [-0.39, 0.29) is 13.2 Å². The van der Waals surface area contributed by atoms with Crippen molar-refractivity contribution in [3.63, 3.8) is 0 Å². The van der Waals surface area contributed by atoms with Crippen molar-refractivity contribution < 1.29 is 19.5 Å². The highest BCUT2D eigenvalue weighted by atomic mass is 16.5. The van der Waals surface area contributed by atoms with Crippen LogP contribution in [0.1, 0.15) is 29.4 Å². The molecular weight excluding hydrogens is 358 g/mol. The average Bonchev–Trinajstić information content (AvgIpc) is 3.16. The van der Waals surface area contributed by atoms with Crippen LogP contribution in [0.5, 0.6) is 5.75 Å². The molecule has 3 aromatic rings. The van der Waals surface area contributed by atoms with Crippen LogP contribution in [0.2, 0.25) is 0 Å². The smallest absolute Gasteiger partial charge is 0.258 e. The lowest BCUT2D eigenvalue weighted by atomic mass is 10.1. The third kappa shape index (κ3) is 4.37. The summed E-state index contributed by atoms with van der Waals surface area (Å²) in [5, 5.41) is 22.5. The van der Waals surface area contributed by atoms with Gasteiger partial charge in [0.15, 0.2) is 0 Å². The lowest BCUT2D eigenvalue weighted by molar-refractivity contribution is 0.0532. The number of benzene rings is 1. The molecule has 0 saturated heterocycles. The summed E-state index contributed by atoms with van der Waals surface area (Å²) < 4.78 is 11.1. The lowest BCUT2D eigenvalue weighted by Crippen LogP contribution is -2.21. The second kappa shape index (κ2) is 8.50. The summed E-state index contributed by atoms with van der Waals surface area (Å²) >= 11 is 0. The number of aliphatic hydroxyl groups is 2. The number of pyridine rings is 1. The molecule has 0 bridgehead atoms. The normalized spacial score (nSPS) is 12.2. The Bertz CT molecular complexity index is 945. The van der Waals surface area contributed by atoms with Gasteiger partial charge in [-0.2, -0.15) is 4.98 Å². The Morgan fingerprint density at radius 1 is 1.04 bits per heavy atom. The lowest BCUT2D eigenvalue weighted by Gasteiger charge is -2.15. The second-order valence-corrected chi connectivity index (χ2v) is 6.85. The highest BCUT2D eigenvalue weighted by Gasteiger charge is 2.15. The summed E-state index contributed by atoms with van der Waals surface area (Å²) in [5.41, 5.74) is 5.34. The number of hydrogen-bond acceptors (Lipinski definition) is 7. The van der Waals surface area contributed by atoms with E-state index >= 15 is 0 Å². The second-order valence-electron chi connectivity index (χ2n) is 6.85. The molecule has 0 aliphatic carbocycles. The molecule has 0 amide bonds. The van der Waals surface area contributed by atoms with Gasteiger partial charge in [-0.3, -0.25) is 4.98 Å². The standard InChI is InChI=1S/C21H25N3O4/c1-5-17-9-16(8-14(4)22-17)21-23-20(24-28-21)15-6-12(2)19(13(3)7-15)27-11-18(26)10-25/h6-9,18,25-26H,5,10-11H2,1-4H3/t18-/m0/s1. The quantitative estimate of drug-likeness (QED) is 0.646. The molecule has 1 atom stereocenters. The maximum atomic E-state index is 9.49. The fraction of sp³-hybridized carbons (Fsp3) is 0.381. The Hall–Kier alpha value is -2.77. The molecule has 0 saturated carbocycles.